The predicted octanol–water partition coefficient (Wildman–Crippen LogP) is 12.9. The van der Waals surface area contributed by atoms with Crippen molar-refractivity contribution in [3.05, 3.63) is 224 Å². The zero-order valence-electron chi connectivity index (χ0n) is 36.0. The number of para-hydroxylation sites is 5. The number of hydrogen-bond acceptors (Lipinski definition) is 2. The van der Waals surface area contributed by atoms with Gasteiger partial charge in [0.25, 0.3) is 0 Å². The van der Waals surface area contributed by atoms with Crippen LogP contribution in [0, 0.1) is 6.33 Å². The first kappa shape index (κ1) is 37.8. The fraction of sp³-hybridized carbons (Fsp3) is 0.0690. The first-order valence-electron chi connectivity index (χ1n) is 22.1. The molecule has 0 radical (unpaired) electrons. The van der Waals surface area contributed by atoms with Crippen LogP contribution in [0.3, 0.4) is 0 Å². The van der Waals surface area contributed by atoms with E-state index in [1.807, 2.05) is 0 Å². The number of pyridine rings is 1. The first-order valence-corrected chi connectivity index (χ1v) is 22.1. The van der Waals surface area contributed by atoms with Crippen LogP contribution in [0.15, 0.2) is 212 Å². The van der Waals surface area contributed by atoms with Crippen LogP contribution < -0.4 is 14.8 Å². The van der Waals surface area contributed by atoms with Crippen molar-refractivity contribution in [1.29, 1.82) is 0 Å². The van der Waals surface area contributed by atoms with Crippen LogP contribution in [0.4, 0.5) is 11.5 Å². The van der Waals surface area contributed by atoms with Crippen molar-refractivity contribution in [1.82, 2.24) is 14.1 Å². The van der Waals surface area contributed by atoms with E-state index >= 15 is 0 Å². The number of rotatable bonds is 6. The maximum absolute atomic E-state index is 5.89. The smallest absolute Gasteiger partial charge is 0.354 e. The van der Waals surface area contributed by atoms with Crippen molar-refractivity contribution in [3.8, 4) is 44.9 Å². The minimum Gasteiger partial charge on any atom is -0.354 e. The summed E-state index contributed by atoms with van der Waals surface area (Å²) < 4.78 is 6.97. The highest BCUT2D eigenvalue weighted by Gasteiger charge is 2.42. The van der Waals surface area contributed by atoms with Gasteiger partial charge in [0.1, 0.15) is 11.6 Å². The molecule has 1 aliphatic rings. The summed E-state index contributed by atoms with van der Waals surface area (Å²) in [5, 5.41) is 2.40. The lowest BCUT2D eigenvalue weighted by atomic mass is 9.61. The largest absolute Gasteiger partial charge is 0.525 e. The highest BCUT2D eigenvalue weighted by molar-refractivity contribution is 6.72. The summed E-state index contributed by atoms with van der Waals surface area (Å²) in [6.45, 7) is 6.44. The van der Waals surface area contributed by atoms with Gasteiger partial charge < -0.3 is 13.9 Å². The Hall–Kier alpha value is -7.96. The van der Waals surface area contributed by atoms with Crippen LogP contribution in [-0.4, -0.2) is 21.1 Å². The molecule has 8 aromatic carbocycles. The van der Waals surface area contributed by atoms with E-state index in [1.165, 1.54) is 27.5 Å². The maximum atomic E-state index is 5.89. The molecule has 4 heterocycles. The summed E-state index contributed by atoms with van der Waals surface area (Å²) in [6.07, 6.45) is 4.01. The Morgan fingerprint density at radius 3 is 1.77 bits per heavy atom. The van der Waals surface area contributed by atoms with Crippen molar-refractivity contribution in [2.75, 3.05) is 4.81 Å². The van der Waals surface area contributed by atoms with Gasteiger partial charge in [-0.25, -0.2) is 4.98 Å². The minimum absolute atomic E-state index is 0.219. The Balaban J connectivity index is 1.25. The van der Waals surface area contributed by atoms with E-state index in [0.717, 1.165) is 72.8 Å². The van der Waals surface area contributed by atoms with Crippen LogP contribution in [0.25, 0.3) is 77.7 Å². The maximum Gasteiger partial charge on any atom is 0.525 e. The summed E-state index contributed by atoms with van der Waals surface area (Å²) in [7, 11) is 0. The molecule has 11 aromatic rings. The topological polar surface area (TPSA) is 29.9 Å². The zero-order chi connectivity index (χ0) is 42.9. The van der Waals surface area contributed by atoms with Crippen molar-refractivity contribution >= 4 is 56.8 Å². The lowest BCUT2D eigenvalue weighted by Gasteiger charge is -2.34. The Labute approximate surface area is 373 Å². The van der Waals surface area contributed by atoms with E-state index in [1.54, 1.807) is 0 Å². The fourth-order valence-electron chi connectivity index (χ4n) is 9.93. The molecule has 12 rings (SSSR count). The van der Waals surface area contributed by atoms with E-state index in [-0.39, 0.29) is 5.41 Å². The van der Waals surface area contributed by atoms with E-state index in [4.69, 9.17) is 4.98 Å². The molecule has 0 saturated carbocycles. The van der Waals surface area contributed by atoms with Gasteiger partial charge in [0.2, 0.25) is 6.33 Å². The summed E-state index contributed by atoms with van der Waals surface area (Å²) in [5.74, 6) is 1.70. The second kappa shape index (κ2) is 14.9. The highest BCUT2D eigenvalue weighted by Crippen LogP contribution is 2.42. The molecule has 0 spiro atoms. The summed E-state index contributed by atoms with van der Waals surface area (Å²) in [4.78, 5) is 8.38. The van der Waals surface area contributed by atoms with Gasteiger partial charge in [0.05, 0.1) is 27.8 Å². The molecule has 0 saturated heterocycles. The predicted molar refractivity (Wildman–Crippen MR) is 265 cm³/mol. The van der Waals surface area contributed by atoms with E-state index < -0.39 is 6.98 Å². The normalized spacial score (nSPS) is 12.3. The Kier molecular flexibility index (Phi) is 8.77. The Morgan fingerprint density at radius 2 is 1.06 bits per heavy atom. The molecule has 0 N–H and O–H groups in total. The third-order valence-corrected chi connectivity index (χ3v) is 12.9. The summed E-state index contributed by atoms with van der Waals surface area (Å²) >= 11 is 0. The van der Waals surface area contributed by atoms with Crippen molar-refractivity contribution in [2.45, 2.75) is 26.2 Å². The second-order valence-corrected chi connectivity index (χ2v) is 17.8. The van der Waals surface area contributed by atoms with Crippen molar-refractivity contribution in [2.24, 2.45) is 0 Å². The summed E-state index contributed by atoms with van der Waals surface area (Å²) in [5.41, 5.74) is 15.5. The van der Waals surface area contributed by atoms with Gasteiger partial charge in [0.15, 0.2) is 0 Å². The Bertz CT molecular complexity index is 3510. The lowest BCUT2D eigenvalue weighted by molar-refractivity contribution is -0.511. The molecule has 6 heteroatoms. The molecule has 64 heavy (non-hydrogen) atoms. The van der Waals surface area contributed by atoms with E-state index in [9.17, 15) is 0 Å². The molecule has 0 atom stereocenters. The van der Waals surface area contributed by atoms with Gasteiger partial charge in [-0.2, -0.15) is 0 Å². The fourth-order valence-corrected chi connectivity index (χ4v) is 9.93. The molecule has 0 unspecified atom stereocenters. The molecular formula is C58H44BN5. The Morgan fingerprint density at radius 1 is 0.516 bits per heavy atom. The van der Waals surface area contributed by atoms with Crippen LogP contribution >= 0.6 is 0 Å². The molecule has 0 bridgehead atoms. The van der Waals surface area contributed by atoms with Gasteiger partial charge in [-0.1, -0.05) is 203 Å². The number of hydrogen-bond donors (Lipinski definition) is 0. The number of nitrogens with zero attached hydrogens (tertiary/aromatic N) is 5. The molecule has 304 valence electrons. The average Bonchev–Trinajstić information content (AvgIpc) is 3.90. The standard InChI is InChI=1S/C58H44BN5/c1-58(2,3)41-37-55(63-51-33-17-14-29-47(51)48-30-15-18-34-52(48)63)60-56(38-41)64(53-35-19-13-25-43(53)40-21-6-4-7-22-40)59-50-32-16-12-28-46(50)44-26-10-11-27-45(44)49-31-20-36-54-57(49)62(59)39-61(54)42-23-8-5-9-24-42/h4-38H,1-3H3. The van der Waals surface area contributed by atoms with Crippen molar-refractivity contribution < 1.29 is 4.48 Å². The van der Waals surface area contributed by atoms with Crippen LogP contribution in [0.5, 0.6) is 0 Å². The molecule has 5 nitrogen and oxygen atoms in total. The quantitative estimate of drug-likeness (QED) is 0.124. The number of benzene rings is 8. The van der Waals surface area contributed by atoms with Gasteiger partial charge in [-0.3, -0.25) is 4.57 Å². The molecule has 3 aromatic heterocycles. The van der Waals surface area contributed by atoms with Gasteiger partial charge in [-0.15, -0.1) is 0 Å². The number of imidazole rings is 1. The number of fused-ring (bicyclic) bond motifs is 7. The summed E-state index contributed by atoms with van der Waals surface area (Å²) in [6, 6.07) is 76.7. The molecule has 0 amide bonds. The third kappa shape index (κ3) is 6.01. The van der Waals surface area contributed by atoms with E-state index in [0.29, 0.717) is 0 Å². The van der Waals surface area contributed by atoms with Crippen LogP contribution in [-0.2, 0) is 5.41 Å². The SMILES string of the molecule is CC(C)(C)c1cc(N(B2c3ccccc3-c3ccccc3-c3cccc4c3[n+]2[c-]n4-c2ccccc2)c2ccccc2-c2ccccc2)nc(-n2c3ccccc3c3ccccc32)c1. The van der Waals surface area contributed by atoms with Crippen LogP contribution in [0.1, 0.15) is 26.3 Å². The average molecular weight is 822 g/mol. The molecular weight excluding hydrogens is 777 g/mol. The molecule has 1 aliphatic heterocycles. The first-order chi connectivity index (χ1) is 31.4. The molecule has 0 fully saturated rings. The highest BCUT2D eigenvalue weighted by atomic mass is 15.3. The minimum atomic E-state index is -0.461. The van der Waals surface area contributed by atoms with Gasteiger partial charge >= 0.3 is 6.98 Å². The number of aromatic nitrogens is 4. The second-order valence-electron chi connectivity index (χ2n) is 17.8. The lowest BCUT2D eigenvalue weighted by Crippen LogP contribution is -2.68. The number of anilines is 2. The van der Waals surface area contributed by atoms with Gasteiger partial charge in [-0.05, 0) is 69.1 Å². The van der Waals surface area contributed by atoms with E-state index in [2.05, 4.69) is 258 Å². The third-order valence-electron chi connectivity index (χ3n) is 12.9. The van der Waals surface area contributed by atoms with Crippen LogP contribution in [0.2, 0.25) is 0 Å². The van der Waals surface area contributed by atoms with Gasteiger partial charge in [0, 0.05) is 27.5 Å². The zero-order valence-corrected chi connectivity index (χ0v) is 36.0. The monoisotopic (exact) mass is 821 g/mol. The molecule has 0 aliphatic carbocycles. The van der Waals surface area contributed by atoms with Crippen molar-refractivity contribution in [3.63, 3.8) is 0 Å².